The molecule has 1 fully saturated rings. The van der Waals surface area contributed by atoms with E-state index in [1.807, 2.05) is 30.0 Å². The summed E-state index contributed by atoms with van der Waals surface area (Å²) in [6, 6.07) is 7.61. The Morgan fingerprint density at radius 1 is 1.22 bits per heavy atom. The highest BCUT2D eigenvalue weighted by Crippen LogP contribution is 2.34. The highest BCUT2D eigenvalue weighted by atomic mass is 16.7. The van der Waals surface area contributed by atoms with Gasteiger partial charge in [-0.25, -0.2) is 9.97 Å². The number of rotatable bonds is 4. The third-order valence-corrected chi connectivity index (χ3v) is 5.06. The monoisotopic (exact) mass is 368 g/mol. The van der Waals surface area contributed by atoms with Crippen LogP contribution in [0.5, 0.6) is 11.5 Å². The predicted octanol–water partition coefficient (Wildman–Crippen LogP) is 3.66. The molecular weight excluding hydrogens is 344 g/mol. The fourth-order valence-corrected chi connectivity index (χ4v) is 3.68. The van der Waals surface area contributed by atoms with E-state index in [9.17, 15) is 4.79 Å². The first-order valence-electron chi connectivity index (χ1n) is 9.47. The summed E-state index contributed by atoms with van der Waals surface area (Å²) in [6.07, 6.45) is 4.27. The first kappa shape index (κ1) is 17.6. The minimum absolute atomic E-state index is 0.0132. The Balaban J connectivity index is 1.57. The maximum Gasteiger partial charge on any atom is 0.272 e. The number of hydrogen-bond acceptors (Lipinski definition) is 6. The van der Waals surface area contributed by atoms with Crippen LogP contribution in [0.4, 0.5) is 11.6 Å². The van der Waals surface area contributed by atoms with E-state index in [4.69, 9.17) is 9.47 Å². The van der Waals surface area contributed by atoms with Gasteiger partial charge >= 0.3 is 0 Å². The SMILES string of the molecule is CCC1CCCCN1C(=O)c1cc(C)nc(Nc2ccc3c(c2)OCO3)n1. The summed E-state index contributed by atoms with van der Waals surface area (Å²) in [5.41, 5.74) is 1.97. The maximum atomic E-state index is 13.1. The van der Waals surface area contributed by atoms with Gasteiger partial charge in [0.2, 0.25) is 12.7 Å². The van der Waals surface area contributed by atoms with Crippen molar-refractivity contribution in [3.63, 3.8) is 0 Å². The molecule has 27 heavy (non-hydrogen) atoms. The van der Waals surface area contributed by atoms with Crippen LogP contribution < -0.4 is 14.8 Å². The van der Waals surface area contributed by atoms with Gasteiger partial charge in [-0.15, -0.1) is 0 Å². The summed E-state index contributed by atoms with van der Waals surface area (Å²) in [7, 11) is 0. The van der Waals surface area contributed by atoms with Crippen molar-refractivity contribution < 1.29 is 14.3 Å². The fraction of sp³-hybridized carbons (Fsp3) is 0.450. The molecule has 0 saturated carbocycles. The van der Waals surface area contributed by atoms with Crippen LogP contribution in [0.2, 0.25) is 0 Å². The van der Waals surface area contributed by atoms with Gasteiger partial charge in [0.05, 0.1) is 0 Å². The minimum atomic E-state index is -0.0132. The number of hydrogen-bond donors (Lipinski definition) is 1. The molecule has 2 aromatic rings. The van der Waals surface area contributed by atoms with Crippen molar-refractivity contribution in [2.75, 3.05) is 18.7 Å². The number of carbonyl (C=O) groups is 1. The van der Waals surface area contributed by atoms with E-state index < -0.39 is 0 Å². The van der Waals surface area contributed by atoms with Crippen LogP contribution in [0.3, 0.4) is 0 Å². The van der Waals surface area contributed by atoms with Crippen molar-refractivity contribution in [1.29, 1.82) is 0 Å². The molecule has 1 atom stereocenters. The van der Waals surface area contributed by atoms with E-state index in [0.717, 1.165) is 42.9 Å². The Bertz CT molecular complexity index is 855. The number of aryl methyl sites for hydroxylation is 1. The highest BCUT2D eigenvalue weighted by Gasteiger charge is 2.27. The number of anilines is 2. The number of carbonyl (C=O) groups excluding carboxylic acids is 1. The summed E-state index contributed by atoms with van der Waals surface area (Å²) in [6.45, 7) is 5.03. The number of fused-ring (bicyclic) bond motifs is 1. The molecule has 0 radical (unpaired) electrons. The van der Waals surface area contributed by atoms with E-state index in [-0.39, 0.29) is 12.7 Å². The number of likely N-dealkylation sites (tertiary alicyclic amines) is 1. The second kappa shape index (κ2) is 7.42. The average Bonchev–Trinajstić information content (AvgIpc) is 3.14. The number of amides is 1. The van der Waals surface area contributed by atoms with E-state index in [0.29, 0.717) is 23.4 Å². The average molecular weight is 368 g/mol. The van der Waals surface area contributed by atoms with E-state index in [1.54, 1.807) is 6.07 Å². The molecule has 0 bridgehead atoms. The lowest BCUT2D eigenvalue weighted by Crippen LogP contribution is -2.43. The summed E-state index contributed by atoms with van der Waals surface area (Å²) in [5.74, 6) is 1.79. The van der Waals surface area contributed by atoms with Gasteiger partial charge in [-0.2, -0.15) is 0 Å². The number of nitrogens with zero attached hydrogens (tertiary/aromatic N) is 3. The van der Waals surface area contributed by atoms with Gasteiger partial charge in [0, 0.05) is 30.0 Å². The fourth-order valence-electron chi connectivity index (χ4n) is 3.68. The van der Waals surface area contributed by atoms with Crippen LogP contribution in [0, 0.1) is 6.92 Å². The molecule has 1 N–H and O–H groups in total. The molecule has 1 saturated heterocycles. The zero-order valence-electron chi connectivity index (χ0n) is 15.7. The molecule has 0 spiro atoms. The molecule has 2 aliphatic rings. The van der Waals surface area contributed by atoms with Crippen LogP contribution in [0.1, 0.15) is 48.8 Å². The smallest absolute Gasteiger partial charge is 0.272 e. The zero-order valence-corrected chi connectivity index (χ0v) is 15.7. The molecule has 1 aromatic carbocycles. The molecule has 3 heterocycles. The quantitative estimate of drug-likeness (QED) is 0.887. The maximum absolute atomic E-state index is 13.1. The molecule has 142 valence electrons. The standard InChI is InChI=1S/C20H24N4O3/c1-3-15-6-4-5-9-24(15)19(25)16-10-13(2)21-20(23-16)22-14-7-8-17-18(11-14)27-12-26-17/h7-8,10-11,15H,3-6,9,12H2,1-2H3,(H,21,22,23). The first-order valence-corrected chi connectivity index (χ1v) is 9.47. The predicted molar refractivity (Wildman–Crippen MR) is 102 cm³/mol. The lowest BCUT2D eigenvalue weighted by molar-refractivity contribution is 0.0601. The summed E-state index contributed by atoms with van der Waals surface area (Å²) in [5, 5.41) is 3.17. The van der Waals surface area contributed by atoms with Gasteiger partial charge in [-0.3, -0.25) is 4.79 Å². The zero-order chi connectivity index (χ0) is 18.8. The third-order valence-electron chi connectivity index (χ3n) is 5.06. The van der Waals surface area contributed by atoms with Crippen LogP contribution in [-0.4, -0.2) is 40.2 Å². The van der Waals surface area contributed by atoms with Crippen molar-refractivity contribution in [1.82, 2.24) is 14.9 Å². The van der Waals surface area contributed by atoms with E-state index in [2.05, 4.69) is 22.2 Å². The van der Waals surface area contributed by atoms with Gasteiger partial charge in [-0.05, 0) is 50.8 Å². The number of ether oxygens (including phenoxy) is 2. The van der Waals surface area contributed by atoms with Crippen LogP contribution in [-0.2, 0) is 0 Å². The third kappa shape index (κ3) is 3.67. The summed E-state index contributed by atoms with van der Waals surface area (Å²) in [4.78, 5) is 23.9. The molecular formula is C20H24N4O3. The minimum Gasteiger partial charge on any atom is -0.454 e. The Hall–Kier alpha value is -2.83. The van der Waals surface area contributed by atoms with Crippen molar-refractivity contribution in [3.05, 3.63) is 35.7 Å². The summed E-state index contributed by atoms with van der Waals surface area (Å²) >= 11 is 0. The lowest BCUT2D eigenvalue weighted by atomic mass is 9.99. The van der Waals surface area contributed by atoms with Crippen molar-refractivity contribution in [3.8, 4) is 11.5 Å². The van der Waals surface area contributed by atoms with Crippen LogP contribution in [0.15, 0.2) is 24.3 Å². The van der Waals surface area contributed by atoms with E-state index in [1.165, 1.54) is 6.42 Å². The molecule has 7 heteroatoms. The van der Waals surface area contributed by atoms with Gasteiger partial charge in [0.15, 0.2) is 11.5 Å². The van der Waals surface area contributed by atoms with Crippen molar-refractivity contribution in [2.24, 2.45) is 0 Å². The van der Waals surface area contributed by atoms with Crippen LogP contribution in [0.25, 0.3) is 0 Å². The lowest BCUT2D eigenvalue weighted by Gasteiger charge is -2.35. The molecule has 1 aromatic heterocycles. The molecule has 2 aliphatic heterocycles. The molecule has 1 amide bonds. The molecule has 7 nitrogen and oxygen atoms in total. The largest absolute Gasteiger partial charge is 0.454 e. The first-order chi connectivity index (χ1) is 13.1. The highest BCUT2D eigenvalue weighted by molar-refractivity contribution is 5.93. The Morgan fingerprint density at radius 2 is 2.07 bits per heavy atom. The van der Waals surface area contributed by atoms with Gasteiger partial charge < -0.3 is 19.7 Å². The van der Waals surface area contributed by atoms with Gasteiger partial charge in [0.1, 0.15) is 5.69 Å². The Labute approximate surface area is 158 Å². The van der Waals surface area contributed by atoms with Gasteiger partial charge in [-0.1, -0.05) is 6.92 Å². The van der Waals surface area contributed by atoms with Gasteiger partial charge in [0.25, 0.3) is 5.91 Å². The number of nitrogens with one attached hydrogen (secondary N) is 1. The Morgan fingerprint density at radius 3 is 2.93 bits per heavy atom. The van der Waals surface area contributed by atoms with E-state index >= 15 is 0 Å². The molecule has 4 rings (SSSR count). The van der Waals surface area contributed by atoms with Crippen molar-refractivity contribution in [2.45, 2.75) is 45.6 Å². The van der Waals surface area contributed by atoms with Crippen molar-refractivity contribution >= 4 is 17.5 Å². The molecule has 0 aliphatic carbocycles. The summed E-state index contributed by atoms with van der Waals surface area (Å²) < 4.78 is 10.7. The normalized spacial score (nSPS) is 18.4. The number of aromatic nitrogens is 2. The Kier molecular flexibility index (Phi) is 4.83. The second-order valence-electron chi connectivity index (χ2n) is 6.97. The second-order valence-corrected chi connectivity index (χ2v) is 6.97. The number of piperidine rings is 1. The number of benzene rings is 1. The van der Waals surface area contributed by atoms with Crippen LogP contribution >= 0.6 is 0 Å². The molecule has 1 unspecified atom stereocenters. The topological polar surface area (TPSA) is 76.6 Å².